The number of carbonyl (C=O) groups is 1. The SMILES string of the molecule is Cn1cnc(-c2cccc(NC(=O)Cc3ccccc3Cl)c2)c1-c1nc2c(N)ncnc2s1. The fraction of sp³-hybridized carbons (Fsp3) is 0.0870. The molecule has 1 amide bonds. The number of aryl methyl sites for hydroxylation is 1. The van der Waals surface area contributed by atoms with Crippen molar-refractivity contribution in [1.82, 2.24) is 24.5 Å². The quantitative estimate of drug-likeness (QED) is 0.385. The Morgan fingerprint density at radius 2 is 2.00 bits per heavy atom. The lowest BCUT2D eigenvalue weighted by atomic mass is 10.1. The predicted octanol–water partition coefficient (Wildman–Crippen LogP) is 4.57. The van der Waals surface area contributed by atoms with Crippen LogP contribution in [-0.4, -0.2) is 30.4 Å². The van der Waals surface area contributed by atoms with E-state index in [9.17, 15) is 4.79 Å². The maximum Gasteiger partial charge on any atom is 0.228 e. The Labute approximate surface area is 198 Å². The van der Waals surface area contributed by atoms with E-state index < -0.39 is 0 Å². The molecule has 0 unspecified atom stereocenters. The molecule has 0 atom stereocenters. The number of hydrogen-bond donors (Lipinski definition) is 2. The van der Waals surface area contributed by atoms with Gasteiger partial charge in [-0.15, -0.1) is 0 Å². The maximum atomic E-state index is 12.6. The Hall–Kier alpha value is -3.82. The minimum atomic E-state index is -0.151. The monoisotopic (exact) mass is 475 g/mol. The van der Waals surface area contributed by atoms with Crippen molar-refractivity contribution in [2.75, 3.05) is 11.1 Å². The number of rotatable bonds is 5. The first-order valence-corrected chi connectivity index (χ1v) is 11.2. The van der Waals surface area contributed by atoms with Crippen LogP contribution in [0.3, 0.4) is 0 Å². The molecule has 0 fully saturated rings. The number of benzene rings is 2. The topological polar surface area (TPSA) is 112 Å². The second kappa shape index (κ2) is 8.61. The smallest absolute Gasteiger partial charge is 0.228 e. The van der Waals surface area contributed by atoms with E-state index in [-0.39, 0.29) is 12.3 Å². The summed E-state index contributed by atoms with van der Waals surface area (Å²) in [5.74, 6) is 0.191. The number of nitrogens with two attached hydrogens (primary N) is 1. The fourth-order valence-corrected chi connectivity index (χ4v) is 4.74. The molecule has 3 aromatic heterocycles. The van der Waals surface area contributed by atoms with Crippen LogP contribution < -0.4 is 11.1 Å². The number of fused-ring (bicyclic) bond motifs is 1. The third-order valence-corrected chi connectivity index (χ3v) is 6.43. The largest absolute Gasteiger partial charge is 0.382 e. The number of imidazole rings is 1. The highest BCUT2D eigenvalue weighted by molar-refractivity contribution is 7.21. The molecule has 0 saturated carbocycles. The number of anilines is 2. The molecule has 2 aromatic carbocycles. The van der Waals surface area contributed by atoms with Crippen LogP contribution in [-0.2, 0) is 18.3 Å². The van der Waals surface area contributed by atoms with Gasteiger partial charge in [0, 0.05) is 23.3 Å². The average molecular weight is 476 g/mol. The average Bonchev–Trinajstić information content (AvgIpc) is 3.39. The van der Waals surface area contributed by atoms with Gasteiger partial charge >= 0.3 is 0 Å². The molecule has 33 heavy (non-hydrogen) atoms. The molecule has 164 valence electrons. The Kier molecular flexibility index (Phi) is 5.49. The molecule has 5 aromatic rings. The van der Waals surface area contributed by atoms with Crippen molar-refractivity contribution in [2.24, 2.45) is 7.05 Å². The van der Waals surface area contributed by atoms with E-state index in [0.717, 1.165) is 27.5 Å². The molecule has 0 aliphatic carbocycles. The summed E-state index contributed by atoms with van der Waals surface area (Å²) in [5.41, 5.74) is 10.4. The van der Waals surface area contributed by atoms with Crippen LogP contribution in [0, 0.1) is 0 Å². The van der Waals surface area contributed by atoms with Gasteiger partial charge in [0.1, 0.15) is 27.4 Å². The number of hydrogen-bond acceptors (Lipinski definition) is 7. The Morgan fingerprint density at radius 3 is 2.82 bits per heavy atom. The first-order chi connectivity index (χ1) is 16.0. The molecule has 3 N–H and O–H groups in total. The Bertz CT molecular complexity index is 1490. The second-order valence-electron chi connectivity index (χ2n) is 7.38. The third-order valence-electron chi connectivity index (χ3n) is 5.09. The summed E-state index contributed by atoms with van der Waals surface area (Å²) < 4.78 is 1.90. The number of nitrogens with zero attached hydrogens (tertiary/aromatic N) is 5. The van der Waals surface area contributed by atoms with Gasteiger partial charge in [0.2, 0.25) is 5.91 Å². The first-order valence-electron chi connectivity index (χ1n) is 10.0. The van der Waals surface area contributed by atoms with Crippen LogP contribution >= 0.6 is 22.9 Å². The summed E-state index contributed by atoms with van der Waals surface area (Å²) in [6, 6.07) is 14.9. The number of amides is 1. The number of thiazole rings is 1. The van der Waals surface area contributed by atoms with Crippen molar-refractivity contribution in [2.45, 2.75) is 6.42 Å². The lowest BCUT2D eigenvalue weighted by molar-refractivity contribution is -0.115. The highest BCUT2D eigenvalue weighted by atomic mass is 35.5. The van der Waals surface area contributed by atoms with Crippen molar-refractivity contribution in [1.29, 1.82) is 0 Å². The van der Waals surface area contributed by atoms with Crippen molar-refractivity contribution < 1.29 is 4.79 Å². The molecule has 0 radical (unpaired) electrons. The zero-order valence-electron chi connectivity index (χ0n) is 17.5. The van der Waals surface area contributed by atoms with E-state index >= 15 is 0 Å². The van der Waals surface area contributed by atoms with Gasteiger partial charge in [-0.05, 0) is 23.8 Å². The van der Waals surface area contributed by atoms with Crippen molar-refractivity contribution >= 4 is 50.7 Å². The van der Waals surface area contributed by atoms with Crippen LogP contribution in [0.2, 0.25) is 5.02 Å². The van der Waals surface area contributed by atoms with Gasteiger partial charge in [0.25, 0.3) is 0 Å². The Morgan fingerprint density at radius 1 is 1.15 bits per heavy atom. The normalized spacial score (nSPS) is 11.1. The molecule has 0 aliphatic heterocycles. The molecule has 0 aliphatic rings. The minimum absolute atomic E-state index is 0.151. The molecule has 5 rings (SSSR count). The van der Waals surface area contributed by atoms with Crippen LogP contribution in [0.25, 0.3) is 32.3 Å². The number of nitrogens with one attached hydrogen (secondary N) is 1. The Balaban J connectivity index is 1.45. The van der Waals surface area contributed by atoms with Crippen molar-refractivity contribution in [3.8, 4) is 22.0 Å². The van der Waals surface area contributed by atoms with Crippen molar-refractivity contribution in [3.63, 3.8) is 0 Å². The number of carbonyl (C=O) groups excluding carboxylic acids is 1. The lowest BCUT2D eigenvalue weighted by Crippen LogP contribution is -2.14. The minimum Gasteiger partial charge on any atom is -0.382 e. The summed E-state index contributed by atoms with van der Waals surface area (Å²) in [6.45, 7) is 0. The molecule has 8 nitrogen and oxygen atoms in total. The predicted molar refractivity (Wildman–Crippen MR) is 131 cm³/mol. The van der Waals surface area contributed by atoms with Crippen LogP contribution in [0.1, 0.15) is 5.56 Å². The molecule has 0 spiro atoms. The summed E-state index contributed by atoms with van der Waals surface area (Å²) in [6.07, 6.45) is 3.35. The maximum absolute atomic E-state index is 12.6. The highest BCUT2D eigenvalue weighted by Gasteiger charge is 2.19. The molecule has 0 saturated heterocycles. The standard InChI is InChI=1S/C23H18ClN7OS/c1-31-12-28-18(20(31)23-30-19-21(25)26-11-27-22(19)33-23)14-6-4-7-15(9-14)29-17(32)10-13-5-2-3-8-16(13)24/h2-9,11-12H,10H2,1H3,(H,29,32)(H2,25,26,27). The van der Waals surface area contributed by atoms with E-state index in [1.165, 1.54) is 17.7 Å². The summed E-state index contributed by atoms with van der Waals surface area (Å²) in [5, 5.41) is 4.25. The van der Waals surface area contributed by atoms with Gasteiger partial charge in [-0.3, -0.25) is 4.79 Å². The molecular formula is C23H18ClN7OS. The molecule has 0 bridgehead atoms. The summed E-state index contributed by atoms with van der Waals surface area (Å²) in [7, 11) is 1.90. The molecular weight excluding hydrogens is 458 g/mol. The first kappa shape index (κ1) is 21.0. The summed E-state index contributed by atoms with van der Waals surface area (Å²) in [4.78, 5) is 30.8. The van der Waals surface area contributed by atoms with Crippen LogP contribution in [0.5, 0.6) is 0 Å². The van der Waals surface area contributed by atoms with E-state index in [0.29, 0.717) is 26.9 Å². The molecule has 10 heteroatoms. The van der Waals surface area contributed by atoms with Gasteiger partial charge in [0.05, 0.1) is 18.4 Å². The van der Waals surface area contributed by atoms with Gasteiger partial charge in [-0.2, -0.15) is 0 Å². The van der Waals surface area contributed by atoms with Gasteiger partial charge in [-0.25, -0.2) is 19.9 Å². The van der Waals surface area contributed by atoms with Crippen LogP contribution in [0.4, 0.5) is 11.5 Å². The van der Waals surface area contributed by atoms with E-state index in [1.807, 2.05) is 54.1 Å². The number of aromatic nitrogens is 5. The van der Waals surface area contributed by atoms with Crippen molar-refractivity contribution in [3.05, 3.63) is 71.8 Å². The van der Waals surface area contributed by atoms with Crippen LogP contribution in [0.15, 0.2) is 61.2 Å². The van der Waals surface area contributed by atoms with E-state index in [2.05, 4.69) is 25.3 Å². The highest BCUT2D eigenvalue weighted by Crippen LogP contribution is 2.36. The van der Waals surface area contributed by atoms with Gasteiger partial charge < -0.3 is 15.6 Å². The van der Waals surface area contributed by atoms with E-state index in [1.54, 1.807) is 12.4 Å². The van der Waals surface area contributed by atoms with Gasteiger partial charge in [0.15, 0.2) is 5.82 Å². The van der Waals surface area contributed by atoms with Gasteiger partial charge in [-0.1, -0.05) is 53.3 Å². The van der Waals surface area contributed by atoms with E-state index in [4.69, 9.17) is 17.3 Å². The zero-order chi connectivity index (χ0) is 22.9. The third kappa shape index (κ3) is 4.15. The zero-order valence-corrected chi connectivity index (χ0v) is 19.1. The number of nitrogen functional groups attached to an aromatic ring is 1. The lowest BCUT2D eigenvalue weighted by Gasteiger charge is -2.09. The second-order valence-corrected chi connectivity index (χ2v) is 8.77. The fourth-order valence-electron chi connectivity index (χ4n) is 3.53. The number of halogens is 1. The summed E-state index contributed by atoms with van der Waals surface area (Å²) >= 11 is 7.61. The molecule has 3 heterocycles.